The predicted molar refractivity (Wildman–Crippen MR) is 67.1 cm³/mol. The highest BCUT2D eigenvalue weighted by atomic mass is 19.1. The highest BCUT2D eigenvalue weighted by Crippen LogP contribution is 2.32. The Balaban J connectivity index is 2.83. The van der Waals surface area contributed by atoms with Crippen molar-refractivity contribution in [3.05, 3.63) is 29.8 Å². The van der Waals surface area contributed by atoms with Crippen LogP contribution >= 0.6 is 0 Å². The van der Waals surface area contributed by atoms with Gasteiger partial charge in [-0.15, -0.1) is 0 Å². The number of aromatic nitrogens is 1. The molecule has 0 aliphatic heterocycles. The van der Waals surface area contributed by atoms with Gasteiger partial charge in [-0.2, -0.15) is 0 Å². The molecule has 0 aliphatic carbocycles. The molecular weight excluding hydrogens is 217 g/mol. The highest BCUT2D eigenvalue weighted by molar-refractivity contribution is 5.13. The van der Waals surface area contributed by atoms with E-state index in [4.69, 9.17) is 0 Å². The molecule has 0 bridgehead atoms. The Bertz CT molecular complexity index is 339. The summed E-state index contributed by atoms with van der Waals surface area (Å²) in [4.78, 5) is 4.01. The zero-order valence-electron chi connectivity index (χ0n) is 10.9. The molecule has 0 amide bonds. The number of pyridine rings is 1. The van der Waals surface area contributed by atoms with Gasteiger partial charge in [-0.1, -0.05) is 33.6 Å². The molecule has 0 spiro atoms. The van der Waals surface area contributed by atoms with Gasteiger partial charge in [0.25, 0.3) is 0 Å². The number of hydrogen-bond donors (Lipinski definition) is 1. The van der Waals surface area contributed by atoms with E-state index in [1.807, 2.05) is 6.92 Å². The molecule has 1 aromatic rings. The lowest BCUT2D eigenvalue weighted by Gasteiger charge is -2.29. The Morgan fingerprint density at radius 2 is 2.12 bits per heavy atom. The van der Waals surface area contributed by atoms with Crippen molar-refractivity contribution in [3.8, 4) is 0 Å². The maximum atomic E-state index is 12.8. The molecule has 0 saturated carbocycles. The van der Waals surface area contributed by atoms with Crippen LogP contribution in [0.1, 0.15) is 52.1 Å². The summed E-state index contributed by atoms with van der Waals surface area (Å²) in [6.07, 6.45) is 4.64. The van der Waals surface area contributed by atoms with Crippen LogP contribution in [0.25, 0.3) is 0 Å². The van der Waals surface area contributed by atoms with Gasteiger partial charge in [0.2, 0.25) is 0 Å². The van der Waals surface area contributed by atoms with Crippen LogP contribution in [0.4, 0.5) is 4.39 Å². The summed E-state index contributed by atoms with van der Waals surface area (Å²) in [5.41, 5.74) is -0.355. The van der Waals surface area contributed by atoms with Crippen LogP contribution in [0.2, 0.25) is 0 Å². The smallest absolute Gasteiger partial charge is 0.141 e. The summed E-state index contributed by atoms with van der Waals surface area (Å²) in [6.45, 7) is 6.20. The number of halogens is 1. The van der Waals surface area contributed by atoms with Crippen LogP contribution in [0.5, 0.6) is 0 Å². The Hall–Kier alpha value is -0.960. The second-order valence-corrected chi connectivity index (χ2v) is 4.84. The minimum Gasteiger partial charge on any atom is -0.384 e. The molecule has 2 atom stereocenters. The summed E-state index contributed by atoms with van der Waals surface area (Å²) in [5, 5.41) is 10.6. The summed E-state index contributed by atoms with van der Waals surface area (Å²) in [6, 6.07) is 2.94. The maximum absolute atomic E-state index is 12.8. The number of hydrogen-bond acceptors (Lipinski definition) is 2. The molecule has 0 radical (unpaired) electrons. The third-order valence-electron chi connectivity index (χ3n) is 3.26. The minimum atomic E-state index is -0.928. The second kappa shape index (κ2) is 6.10. The zero-order chi connectivity index (χ0) is 12.9. The largest absolute Gasteiger partial charge is 0.384 e. The second-order valence-electron chi connectivity index (χ2n) is 4.84. The first-order chi connectivity index (χ1) is 8.01. The van der Waals surface area contributed by atoms with Gasteiger partial charge in [-0.05, 0) is 30.9 Å². The van der Waals surface area contributed by atoms with Gasteiger partial charge < -0.3 is 5.11 Å². The minimum absolute atomic E-state index is 0.367. The van der Waals surface area contributed by atoms with Gasteiger partial charge in [0.15, 0.2) is 0 Å². The van der Waals surface area contributed by atoms with Crippen LogP contribution in [-0.4, -0.2) is 10.1 Å². The molecule has 1 N–H and O–H groups in total. The average molecular weight is 239 g/mol. The number of nitrogens with zero attached hydrogens (tertiary/aromatic N) is 1. The molecule has 1 aromatic heterocycles. The Labute approximate surface area is 103 Å². The van der Waals surface area contributed by atoms with Crippen molar-refractivity contribution in [3.63, 3.8) is 0 Å². The summed E-state index contributed by atoms with van der Waals surface area (Å²) in [7, 11) is 0. The molecule has 3 heteroatoms. The van der Waals surface area contributed by atoms with Crippen LogP contribution in [0.3, 0.4) is 0 Å². The Morgan fingerprint density at radius 3 is 2.59 bits per heavy atom. The van der Waals surface area contributed by atoms with Gasteiger partial charge in [0, 0.05) is 0 Å². The topological polar surface area (TPSA) is 33.1 Å². The van der Waals surface area contributed by atoms with E-state index in [0.717, 1.165) is 12.8 Å². The average Bonchev–Trinajstić information content (AvgIpc) is 2.30. The Morgan fingerprint density at radius 1 is 1.41 bits per heavy atom. The van der Waals surface area contributed by atoms with E-state index in [1.165, 1.54) is 12.3 Å². The van der Waals surface area contributed by atoms with Crippen LogP contribution in [0.15, 0.2) is 18.3 Å². The summed E-state index contributed by atoms with van der Waals surface area (Å²) < 4.78 is 12.8. The van der Waals surface area contributed by atoms with E-state index < -0.39 is 5.60 Å². The van der Waals surface area contributed by atoms with Gasteiger partial charge in [0.05, 0.1) is 11.9 Å². The third-order valence-corrected chi connectivity index (χ3v) is 3.26. The lowest BCUT2D eigenvalue weighted by Crippen LogP contribution is -2.28. The maximum Gasteiger partial charge on any atom is 0.141 e. The van der Waals surface area contributed by atoms with Crippen molar-refractivity contribution >= 4 is 0 Å². The third kappa shape index (κ3) is 3.77. The molecule has 17 heavy (non-hydrogen) atoms. The van der Waals surface area contributed by atoms with Crippen LogP contribution in [-0.2, 0) is 5.60 Å². The fourth-order valence-electron chi connectivity index (χ4n) is 2.25. The van der Waals surface area contributed by atoms with Crippen LogP contribution < -0.4 is 0 Å². The molecule has 0 fully saturated rings. The first-order valence-electron chi connectivity index (χ1n) is 6.36. The quantitative estimate of drug-likeness (QED) is 0.822. The number of aliphatic hydroxyl groups is 1. The molecule has 0 aliphatic rings. The first kappa shape index (κ1) is 14.1. The molecule has 0 saturated heterocycles. The van der Waals surface area contributed by atoms with E-state index in [-0.39, 0.29) is 5.82 Å². The van der Waals surface area contributed by atoms with Crippen molar-refractivity contribution in [1.82, 2.24) is 4.98 Å². The molecule has 96 valence electrons. The van der Waals surface area contributed by atoms with E-state index >= 15 is 0 Å². The van der Waals surface area contributed by atoms with E-state index in [0.29, 0.717) is 24.5 Å². The summed E-state index contributed by atoms with van der Waals surface area (Å²) >= 11 is 0. The van der Waals surface area contributed by atoms with Gasteiger partial charge in [0.1, 0.15) is 11.4 Å². The fourth-order valence-corrected chi connectivity index (χ4v) is 2.25. The lowest BCUT2D eigenvalue weighted by atomic mass is 9.84. The molecule has 1 heterocycles. The Kier molecular flexibility index (Phi) is 5.06. The monoisotopic (exact) mass is 239 g/mol. The van der Waals surface area contributed by atoms with E-state index in [9.17, 15) is 9.50 Å². The zero-order valence-corrected chi connectivity index (χ0v) is 10.9. The van der Waals surface area contributed by atoms with Gasteiger partial charge in [-0.3, -0.25) is 4.98 Å². The highest BCUT2D eigenvalue weighted by Gasteiger charge is 2.30. The van der Waals surface area contributed by atoms with Gasteiger partial charge >= 0.3 is 0 Å². The normalized spacial score (nSPS) is 16.5. The van der Waals surface area contributed by atoms with Crippen molar-refractivity contribution in [2.75, 3.05) is 0 Å². The molecule has 2 nitrogen and oxygen atoms in total. The summed E-state index contributed by atoms with van der Waals surface area (Å²) in [5.74, 6) is 0.0746. The van der Waals surface area contributed by atoms with Crippen molar-refractivity contribution in [2.45, 2.75) is 52.1 Å². The fraction of sp³-hybridized carbons (Fsp3) is 0.643. The lowest BCUT2D eigenvalue weighted by molar-refractivity contribution is 0.00386. The SMILES string of the molecule is CCCC(C)CC(O)(CC)c1ccc(F)cn1. The van der Waals surface area contributed by atoms with Crippen molar-refractivity contribution in [1.29, 1.82) is 0 Å². The standard InChI is InChI=1S/C14H22FNO/c1-4-6-11(3)9-14(17,5-2)13-8-7-12(15)10-16-13/h7-8,10-11,17H,4-6,9H2,1-3H3. The molecule has 0 aromatic carbocycles. The number of rotatable bonds is 6. The van der Waals surface area contributed by atoms with Crippen molar-refractivity contribution < 1.29 is 9.50 Å². The van der Waals surface area contributed by atoms with E-state index in [2.05, 4.69) is 18.8 Å². The van der Waals surface area contributed by atoms with Crippen molar-refractivity contribution in [2.24, 2.45) is 5.92 Å². The molecular formula is C14H22FNO. The predicted octanol–water partition coefficient (Wildman–Crippen LogP) is 3.64. The first-order valence-corrected chi connectivity index (χ1v) is 6.36. The van der Waals surface area contributed by atoms with Gasteiger partial charge in [-0.25, -0.2) is 4.39 Å². The van der Waals surface area contributed by atoms with E-state index in [1.54, 1.807) is 6.07 Å². The molecule has 2 unspecified atom stereocenters. The van der Waals surface area contributed by atoms with Crippen LogP contribution in [0, 0.1) is 11.7 Å². The molecule has 1 rings (SSSR count).